The minimum Gasteiger partial charge on any atom is -0.299 e. The van der Waals surface area contributed by atoms with E-state index in [1.54, 1.807) is 0 Å². The number of fused-ring (bicyclic) bond motifs is 7. The molecule has 1 heteroatoms. The molecule has 5 aliphatic carbocycles. The predicted octanol–water partition coefficient (Wildman–Crippen LogP) is 5.09. The number of hydrogen-bond acceptors (Lipinski definition) is 1. The molecule has 0 spiro atoms. The maximum atomic E-state index is 12.7. The van der Waals surface area contributed by atoms with Gasteiger partial charge in [-0.05, 0) is 86.4 Å². The van der Waals surface area contributed by atoms with Crippen molar-refractivity contribution in [2.75, 3.05) is 0 Å². The number of ketones is 1. The zero-order chi connectivity index (χ0) is 15.1. The summed E-state index contributed by atoms with van der Waals surface area (Å²) in [6.07, 6.45) is 12.7. The van der Waals surface area contributed by atoms with Gasteiger partial charge in [0.05, 0.1) is 0 Å². The first kappa shape index (κ1) is 14.1. The summed E-state index contributed by atoms with van der Waals surface area (Å²) < 4.78 is 0. The summed E-state index contributed by atoms with van der Waals surface area (Å²) in [7, 11) is 0. The van der Waals surface area contributed by atoms with Crippen LogP contribution in [0.4, 0.5) is 0 Å². The first-order valence-electron chi connectivity index (χ1n) is 10.2. The largest absolute Gasteiger partial charge is 0.299 e. The molecule has 0 N–H and O–H groups in total. The second-order valence-corrected chi connectivity index (χ2v) is 9.77. The number of hydrogen-bond donors (Lipinski definition) is 0. The SMILES string of the molecule is CCC1CC[C@H]2C(CCC3C2CCC2(C)C(=O)C4CC4C32)C1. The van der Waals surface area contributed by atoms with Gasteiger partial charge in [0.15, 0.2) is 0 Å². The standard InChI is InChI=1S/C21H32O/c1-3-12-4-6-14-13(10-12)5-7-16-15(14)8-9-21(2)19(16)17-11-18(17)20(21)22/h12-19H,3-11H2,1-2H3/t12?,13?,14-,15?,16?,17?,18?,19?,21?/m0/s1. The van der Waals surface area contributed by atoms with Crippen molar-refractivity contribution in [1.29, 1.82) is 0 Å². The van der Waals surface area contributed by atoms with E-state index in [0.717, 1.165) is 41.4 Å². The van der Waals surface area contributed by atoms with E-state index in [0.29, 0.717) is 11.7 Å². The minimum absolute atomic E-state index is 0.0994. The normalized spacial score (nSPS) is 59.3. The average molecular weight is 300 g/mol. The summed E-state index contributed by atoms with van der Waals surface area (Å²) in [5.74, 6) is 7.77. The van der Waals surface area contributed by atoms with Crippen LogP contribution in [-0.2, 0) is 4.79 Å². The molecular formula is C21H32O. The third kappa shape index (κ3) is 1.69. The number of rotatable bonds is 1. The second kappa shape index (κ2) is 4.61. The molecule has 9 atom stereocenters. The average Bonchev–Trinajstić information content (AvgIpc) is 3.28. The Kier molecular flexibility index (Phi) is 2.94. The van der Waals surface area contributed by atoms with Crippen LogP contribution in [0.1, 0.15) is 71.6 Å². The molecule has 0 aliphatic heterocycles. The van der Waals surface area contributed by atoms with E-state index in [4.69, 9.17) is 0 Å². The van der Waals surface area contributed by atoms with E-state index in [2.05, 4.69) is 13.8 Å². The lowest BCUT2D eigenvalue weighted by molar-refractivity contribution is -0.137. The highest BCUT2D eigenvalue weighted by atomic mass is 16.1. The summed E-state index contributed by atoms with van der Waals surface area (Å²) in [5, 5.41) is 0. The molecule has 22 heavy (non-hydrogen) atoms. The molecule has 5 saturated carbocycles. The van der Waals surface area contributed by atoms with Gasteiger partial charge in [-0.3, -0.25) is 4.79 Å². The lowest BCUT2D eigenvalue weighted by Crippen LogP contribution is -2.50. The summed E-state index contributed by atoms with van der Waals surface area (Å²) >= 11 is 0. The Labute approximate surface area is 135 Å². The molecule has 0 heterocycles. The quantitative estimate of drug-likeness (QED) is 0.659. The molecule has 1 nitrogen and oxygen atoms in total. The Bertz CT molecular complexity index is 496. The maximum Gasteiger partial charge on any atom is 0.142 e. The smallest absolute Gasteiger partial charge is 0.142 e. The van der Waals surface area contributed by atoms with Gasteiger partial charge in [-0.25, -0.2) is 0 Å². The molecule has 5 rings (SSSR count). The number of Topliss-reactive ketones (excluding diaryl/α,β-unsaturated/α-hetero) is 1. The predicted molar refractivity (Wildman–Crippen MR) is 88.3 cm³/mol. The van der Waals surface area contributed by atoms with Gasteiger partial charge in [0, 0.05) is 11.3 Å². The number of carbonyl (C=O) groups is 1. The van der Waals surface area contributed by atoms with Gasteiger partial charge >= 0.3 is 0 Å². The van der Waals surface area contributed by atoms with Crippen LogP contribution in [0, 0.1) is 52.8 Å². The lowest BCUT2D eigenvalue weighted by Gasteiger charge is -2.55. The van der Waals surface area contributed by atoms with Gasteiger partial charge in [0.25, 0.3) is 0 Å². The van der Waals surface area contributed by atoms with Crippen molar-refractivity contribution in [2.24, 2.45) is 52.8 Å². The Balaban J connectivity index is 1.41. The van der Waals surface area contributed by atoms with Crippen molar-refractivity contribution in [3.8, 4) is 0 Å². The highest BCUT2D eigenvalue weighted by Gasteiger charge is 2.69. The summed E-state index contributed by atoms with van der Waals surface area (Å²) in [5.41, 5.74) is 0.0994. The molecule has 0 aromatic carbocycles. The topological polar surface area (TPSA) is 17.1 Å². The fraction of sp³-hybridized carbons (Fsp3) is 0.952. The molecule has 8 unspecified atom stereocenters. The van der Waals surface area contributed by atoms with Crippen molar-refractivity contribution in [1.82, 2.24) is 0 Å². The molecular weight excluding hydrogens is 268 g/mol. The van der Waals surface area contributed by atoms with Crippen LogP contribution in [0.2, 0.25) is 0 Å². The monoisotopic (exact) mass is 300 g/mol. The van der Waals surface area contributed by atoms with Crippen LogP contribution in [0.5, 0.6) is 0 Å². The lowest BCUT2D eigenvalue weighted by atomic mass is 9.49. The molecule has 5 fully saturated rings. The maximum absolute atomic E-state index is 12.7. The van der Waals surface area contributed by atoms with E-state index < -0.39 is 0 Å². The van der Waals surface area contributed by atoms with Crippen LogP contribution in [0.3, 0.4) is 0 Å². The molecule has 0 radical (unpaired) electrons. The minimum atomic E-state index is 0.0994. The molecule has 0 amide bonds. The Morgan fingerprint density at radius 1 is 0.955 bits per heavy atom. The number of carbonyl (C=O) groups excluding carboxylic acids is 1. The van der Waals surface area contributed by atoms with Crippen molar-refractivity contribution in [3.63, 3.8) is 0 Å². The van der Waals surface area contributed by atoms with Gasteiger partial charge in [-0.15, -0.1) is 0 Å². The van der Waals surface area contributed by atoms with Crippen molar-refractivity contribution >= 4 is 5.78 Å². The van der Waals surface area contributed by atoms with E-state index in [1.165, 1.54) is 57.8 Å². The van der Waals surface area contributed by atoms with Gasteiger partial charge in [-0.1, -0.05) is 26.7 Å². The molecule has 5 aliphatic rings. The summed E-state index contributed by atoms with van der Waals surface area (Å²) in [6, 6.07) is 0. The first-order chi connectivity index (χ1) is 10.6. The van der Waals surface area contributed by atoms with E-state index >= 15 is 0 Å². The third-order valence-electron chi connectivity index (χ3n) is 9.09. The van der Waals surface area contributed by atoms with Gasteiger partial charge in [-0.2, -0.15) is 0 Å². The van der Waals surface area contributed by atoms with E-state index in [-0.39, 0.29) is 5.41 Å². The molecule has 0 aromatic heterocycles. The van der Waals surface area contributed by atoms with E-state index in [9.17, 15) is 4.79 Å². The van der Waals surface area contributed by atoms with Crippen LogP contribution >= 0.6 is 0 Å². The van der Waals surface area contributed by atoms with Crippen LogP contribution in [-0.4, -0.2) is 5.78 Å². The zero-order valence-electron chi connectivity index (χ0n) is 14.4. The fourth-order valence-electron chi connectivity index (χ4n) is 7.98. The zero-order valence-corrected chi connectivity index (χ0v) is 14.4. The second-order valence-electron chi connectivity index (χ2n) is 9.77. The van der Waals surface area contributed by atoms with Crippen LogP contribution in [0.15, 0.2) is 0 Å². The molecule has 0 aromatic rings. The molecule has 0 bridgehead atoms. The summed E-state index contributed by atoms with van der Waals surface area (Å²) in [4.78, 5) is 12.7. The fourth-order valence-corrected chi connectivity index (χ4v) is 7.98. The molecule has 0 saturated heterocycles. The van der Waals surface area contributed by atoms with Crippen molar-refractivity contribution < 1.29 is 4.79 Å². The van der Waals surface area contributed by atoms with E-state index in [1.807, 2.05) is 0 Å². The van der Waals surface area contributed by atoms with Crippen molar-refractivity contribution in [2.45, 2.75) is 71.6 Å². The Hall–Kier alpha value is -0.330. The third-order valence-corrected chi connectivity index (χ3v) is 9.09. The van der Waals surface area contributed by atoms with Crippen LogP contribution in [0.25, 0.3) is 0 Å². The Morgan fingerprint density at radius 2 is 1.77 bits per heavy atom. The van der Waals surface area contributed by atoms with Gasteiger partial charge in [0.1, 0.15) is 5.78 Å². The summed E-state index contributed by atoms with van der Waals surface area (Å²) in [6.45, 7) is 4.74. The Morgan fingerprint density at radius 3 is 2.59 bits per heavy atom. The first-order valence-corrected chi connectivity index (χ1v) is 10.2. The van der Waals surface area contributed by atoms with Gasteiger partial charge in [0.2, 0.25) is 0 Å². The van der Waals surface area contributed by atoms with Crippen LogP contribution < -0.4 is 0 Å². The van der Waals surface area contributed by atoms with Gasteiger partial charge < -0.3 is 0 Å². The highest BCUT2D eigenvalue weighted by molar-refractivity contribution is 5.92. The van der Waals surface area contributed by atoms with Crippen molar-refractivity contribution in [3.05, 3.63) is 0 Å². The highest BCUT2D eigenvalue weighted by Crippen LogP contribution is 2.70. The molecule has 122 valence electrons.